The van der Waals surface area contributed by atoms with Crippen molar-refractivity contribution in [2.75, 3.05) is 26.3 Å². The Morgan fingerprint density at radius 2 is 2.13 bits per heavy atom. The summed E-state index contributed by atoms with van der Waals surface area (Å²) in [6, 6.07) is 3.07. The van der Waals surface area contributed by atoms with Gasteiger partial charge in [-0.2, -0.15) is 9.67 Å². The highest BCUT2D eigenvalue weighted by Gasteiger charge is 2.20. The van der Waals surface area contributed by atoms with E-state index in [4.69, 9.17) is 22.1 Å². The lowest BCUT2D eigenvalue weighted by atomic mass is 10.2. The average molecular weight is 337 g/mol. The molecule has 8 nitrogen and oxygen atoms in total. The van der Waals surface area contributed by atoms with Gasteiger partial charge in [0, 0.05) is 19.3 Å². The van der Waals surface area contributed by atoms with Crippen molar-refractivity contribution in [2.45, 2.75) is 13.0 Å². The fraction of sp³-hybridized carbons (Fsp3) is 0.429. The molecule has 1 amide bonds. The van der Waals surface area contributed by atoms with Crippen molar-refractivity contribution in [3.8, 4) is 5.82 Å². The van der Waals surface area contributed by atoms with E-state index < -0.39 is 0 Å². The van der Waals surface area contributed by atoms with E-state index >= 15 is 0 Å². The van der Waals surface area contributed by atoms with Gasteiger partial charge < -0.3 is 15.4 Å². The van der Waals surface area contributed by atoms with Gasteiger partial charge in [-0.25, -0.2) is 4.98 Å². The lowest BCUT2D eigenvalue weighted by molar-refractivity contribution is 0.0302. The maximum atomic E-state index is 12.4. The van der Waals surface area contributed by atoms with Crippen LogP contribution in [0.2, 0.25) is 5.28 Å². The Balaban J connectivity index is 1.83. The number of carbonyl (C=O) groups excluding carboxylic acids is 1. The third-order valence-electron chi connectivity index (χ3n) is 3.52. The number of rotatable bonds is 3. The van der Waals surface area contributed by atoms with Crippen LogP contribution in [0.15, 0.2) is 18.3 Å². The molecule has 2 N–H and O–H groups in total. The van der Waals surface area contributed by atoms with Crippen LogP contribution < -0.4 is 5.73 Å². The zero-order valence-corrected chi connectivity index (χ0v) is 13.4. The van der Waals surface area contributed by atoms with Crippen molar-refractivity contribution >= 4 is 17.5 Å². The number of nitrogens with two attached hydrogens (primary N) is 1. The molecule has 0 saturated carbocycles. The first-order valence-corrected chi connectivity index (χ1v) is 7.65. The number of hydrogen-bond acceptors (Lipinski definition) is 6. The summed E-state index contributed by atoms with van der Waals surface area (Å²) in [4.78, 5) is 22.5. The summed E-state index contributed by atoms with van der Waals surface area (Å²) in [5.74, 6) is 0.960. The van der Waals surface area contributed by atoms with Crippen LogP contribution in [0.25, 0.3) is 5.82 Å². The SMILES string of the molecule is CC(N)c1nc(Cl)nn1-c1ccc(C(=O)N2CCOCC2)cn1. The number of ether oxygens (including phenoxy) is 1. The summed E-state index contributed by atoms with van der Waals surface area (Å²) in [7, 11) is 0. The van der Waals surface area contributed by atoms with E-state index in [-0.39, 0.29) is 17.2 Å². The molecule has 0 aliphatic carbocycles. The molecule has 0 aromatic carbocycles. The minimum absolute atomic E-state index is 0.0589. The van der Waals surface area contributed by atoms with Crippen LogP contribution in [0, 0.1) is 0 Å². The summed E-state index contributed by atoms with van der Waals surface area (Å²) in [6.07, 6.45) is 1.52. The van der Waals surface area contributed by atoms with Crippen LogP contribution in [0.3, 0.4) is 0 Å². The maximum Gasteiger partial charge on any atom is 0.255 e. The molecule has 0 bridgehead atoms. The number of nitrogens with zero attached hydrogens (tertiary/aromatic N) is 5. The topological polar surface area (TPSA) is 99.2 Å². The quantitative estimate of drug-likeness (QED) is 0.890. The first kappa shape index (κ1) is 15.9. The molecular weight excluding hydrogens is 320 g/mol. The molecule has 1 unspecified atom stereocenters. The van der Waals surface area contributed by atoms with Gasteiger partial charge in [0.25, 0.3) is 5.91 Å². The Morgan fingerprint density at radius 1 is 1.39 bits per heavy atom. The zero-order chi connectivity index (χ0) is 16.4. The minimum atomic E-state index is -0.341. The normalized spacial score (nSPS) is 16.4. The third kappa shape index (κ3) is 3.34. The molecule has 1 aliphatic rings. The fourth-order valence-corrected chi connectivity index (χ4v) is 2.51. The third-order valence-corrected chi connectivity index (χ3v) is 3.68. The second-order valence-corrected chi connectivity index (χ2v) is 5.59. The highest BCUT2D eigenvalue weighted by molar-refractivity contribution is 6.28. The summed E-state index contributed by atoms with van der Waals surface area (Å²) < 4.78 is 6.73. The molecule has 0 spiro atoms. The van der Waals surface area contributed by atoms with Gasteiger partial charge in [0.2, 0.25) is 5.28 Å². The van der Waals surface area contributed by atoms with E-state index in [2.05, 4.69) is 15.1 Å². The predicted octanol–water partition coefficient (Wildman–Crippen LogP) is 0.808. The van der Waals surface area contributed by atoms with E-state index in [1.165, 1.54) is 10.9 Å². The summed E-state index contributed by atoms with van der Waals surface area (Å²) in [5, 5.41) is 4.19. The molecule has 23 heavy (non-hydrogen) atoms. The predicted molar refractivity (Wildman–Crippen MR) is 83.5 cm³/mol. The average Bonchev–Trinajstić information content (AvgIpc) is 2.97. The second-order valence-electron chi connectivity index (χ2n) is 5.25. The summed E-state index contributed by atoms with van der Waals surface area (Å²) >= 11 is 5.84. The van der Waals surface area contributed by atoms with Gasteiger partial charge in [-0.1, -0.05) is 0 Å². The van der Waals surface area contributed by atoms with Crippen LogP contribution in [0.4, 0.5) is 0 Å². The summed E-state index contributed by atoms with van der Waals surface area (Å²) in [6.45, 7) is 4.09. The van der Waals surface area contributed by atoms with Crippen molar-refractivity contribution in [2.24, 2.45) is 5.73 Å². The van der Waals surface area contributed by atoms with Crippen molar-refractivity contribution < 1.29 is 9.53 Å². The standard InChI is InChI=1S/C14H17ClN6O2/c1-9(16)12-18-14(15)19-21(12)11-3-2-10(8-17-11)13(22)20-4-6-23-7-5-20/h2-3,8-9H,4-7,16H2,1H3. The molecule has 0 radical (unpaired) electrons. The van der Waals surface area contributed by atoms with Gasteiger partial charge in [0.1, 0.15) is 0 Å². The smallest absolute Gasteiger partial charge is 0.255 e. The minimum Gasteiger partial charge on any atom is -0.378 e. The van der Waals surface area contributed by atoms with Gasteiger partial charge in [0.05, 0.1) is 24.8 Å². The van der Waals surface area contributed by atoms with E-state index in [9.17, 15) is 4.79 Å². The van der Waals surface area contributed by atoms with Crippen molar-refractivity contribution in [1.82, 2.24) is 24.6 Å². The van der Waals surface area contributed by atoms with Gasteiger partial charge in [-0.15, -0.1) is 5.10 Å². The number of morpholine rings is 1. The molecule has 1 aliphatic heterocycles. The monoisotopic (exact) mass is 336 g/mol. The molecule has 3 rings (SSSR count). The van der Waals surface area contributed by atoms with Gasteiger partial charge in [0.15, 0.2) is 11.6 Å². The number of carbonyl (C=O) groups is 1. The molecule has 2 aromatic heterocycles. The maximum absolute atomic E-state index is 12.4. The van der Waals surface area contributed by atoms with Crippen LogP contribution >= 0.6 is 11.6 Å². The van der Waals surface area contributed by atoms with Crippen LogP contribution in [-0.2, 0) is 4.74 Å². The van der Waals surface area contributed by atoms with Crippen molar-refractivity contribution in [3.05, 3.63) is 35.0 Å². The van der Waals surface area contributed by atoms with Crippen LogP contribution in [0.1, 0.15) is 29.1 Å². The first-order chi connectivity index (χ1) is 11.1. The lowest BCUT2D eigenvalue weighted by Crippen LogP contribution is -2.40. The van der Waals surface area contributed by atoms with Gasteiger partial charge in [-0.3, -0.25) is 4.79 Å². The number of hydrogen-bond donors (Lipinski definition) is 1. The zero-order valence-electron chi connectivity index (χ0n) is 12.6. The molecular formula is C14H17ClN6O2. The second kappa shape index (κ2) is 6.61. The van der Waals surface area contributed by atoms with E-state index in [0.717, 1.165) is 0 Å². The molecule has 2 aromatic rings. The number of halogens is 1. The molecule has 1 atom stereocenters. The Hall–Kier alpha value is -2.03. The molecule has 122 valence electrons. The first-order valence-electron chi connectivity index (χ1n) is 7.28. The Labute approximate surface area is 138 Å². The number of pyridine rings is 1. The van der Waals surface area contributed by atoms with Crippen molar-refractivity contribution in [3.63, 3.8) is 0 Å². The molecule has 1 saturated heterocycles. The van der Waals surface area contributed by atoms with Gasteiger partial charge in [-0.05, 0) is 30.7 Å². The molecule has 1 fully saturated rings. The molecule has 3 heterocycles. The Morgan fingerprint density at radius 3 is 2.74 bits per heavy atom. The highest BCUT2D eigenvalue weighted by atomic mass is 35.5. The Bertz CT molecular complexity index is 694. The highest BCUT2D eigenvalue weighted by Crippen LogP contribution is 2.16. The van der Waals surface area contributed by atoms with E-state index in [0.29, 0.717) is 43.5 Å². The van der Waals surface area contributed by atoms with Crippen molar-refractivity contribution in [1.29, 1.82) is 0 Å². The Kier molecular flexibility index (Phi) is 4.56. The lowest BCUT2D eigenvalue weighted by Gasteiger charge is -2.26. The number of aromatic nitrogens is 4. The van der Waals surface area contributed by atoms with Gasteiger partial charge >= 0.3 is 0 Å². The molecule has 9 heteroatoms. The summed E-state index contributed by atoms with van der Waals surface area (Å²) in [5.41, 5.74) is 6.38. The number of amides is 1. The van der Waals surface area contributed by atoms with E-state index in [1.54, 1.807) is 24.0 Å². The van der Waals surface area contributed by atoms with Crippen LogP contribution in [0.5, 0.6) is 0 Å². The largest absolute Gasteiger partial charge is 0.378 e. The van der Waals surface area contributed by atoms with Crippen LogP contribution in [-0.4, -0.2) is 56.9 Å². The van der Waals surface area contributed by atoms with E-state index in [1.807, 2.05) is 0 Å². The fourth-order valence-electron chi connectivity index (χ4n) is 2.35.